The second-order valence-electron chi connectivity index (χ2n) is 15.4. The van der Waals surface area contributed by atoms with Crippen LogP contribution in [0.2, 0.25) is 0 Å². The van der Waals surface area contributed by atoms with Crippen LogP contribution in [-0.4, -0.2) is 9.97 Å². The van der Waals surface area contributed by atoms with Crippen LogP contribution in [0.15, 0.2) is 194 Å². The summed E-state index contributed by atoms with van der Waals surface area (Å²) in [5.41, 5.74) is 21.9. The molecule has 0 aliphatic heterocycles. The molecule has 0 aliphatic carbocycles. The normalized spacial score (nSPS) is 11.1. The molecule has 9 rings (SSSR count). The van der Waals surface area contributed by atoms with Crippen molar-refractivity contribution in [1.82, 2.24) is 9.97 Å². The number of rotatable bonds is 8. The fourth-order valence-electron chi connectivity index (χ4n) is 7.82. The monoisotopic (exact) mass is 744 g/mol. The second kappa shape index (κ2) is 15.8. The molecular formula is C56H44N2. The number of benzene rings is 8. The van der Waals surface area contributed by atoms with Crippen LogP contribution in [0.25, 0.3) is 89.5 Å². The zero-order valence-corrected chi connectivity index (χ0v) is 33.4. The average Bonchev–Trinajstić information content (AvgIpc) is 3.26. The molecule has 0 radical (unpaired) electrons. The number of hydrogen-bond acceptors (Lipinski definition) is 2. The Hall–Kier alpha value is -7.16. The van der Waals surface area contributed by atoms with Crippen molar-refractivity contribution in [3.05, 3.63) is 216 Å². The van der Waals surface area contributed by atoms with Gasteiger partial charge >= 0.3 is 0 Å². The van der Waals surface area contributed by atoms with Crippen molar-refractivity contribution in [2.75, 3.05) is 0 Å². The summed E-state index contributed by atoms with van der Waals surface area (Å²) in [5.74, 6) is 0. The van der Waals surface area contributed by atoms with E-state index < -0.39 is 0 Å². The standard InChI is InChI=1S/C56H44N2/c1-37-9-5-13-49(33-37)41-17-25-45(26-18-41)53-54(46-27-19-42(20-28-46)50-14-6-10-38(2)34-50)58-56(48-31-23-44(24-32-48)52-16-8-12-40(4)36-52)55(57-53)47-29-21-43(22-30-47)51-15-7-11-39(3)35-51/h5-36H,1-4H3. The topological polar surface area (TPSA) is 25.8 Å². The highest BCUT2D eigenvalue weighted by molar-refractivity contribution is 5.88. The van der Waals surface area contributed by atoms with Crippen LogP contribution in [0.5, 0.6) is 0 Å². The van der Waals surface area contributed by atoms with Gasteiger partial charge in [-0.2, -0.15) is 0 Å². The van der Waals surface area contributed by atoms with Crippen LogP contribution < -0.4 is 0 Å². The largest absolute Gasteiger partial charge is 0.243 e. The minimum absolute atomic E-state index is 0.844. The lowest BCUT2D eigenvalue weighted by molar-refractivity contribution is 1.21. The predicted octanol–water partition coefficient (Wildman–Crippen LogP) is 15.0. The van der Waals surface area contributed by atoms with Gasteiger partial charge in [0.1, 0.15) is 0 Å². The Bertz CT molecular complexity index is 2490. The van der Waals surface area contributed by atoms with E-state index in [1.807, 2.05) is 0 Å². The number of hydrogen-bond donors (Lipinski definition) is 0. The summed E-state index contributed by atoms with van der Waals surface area (Å²) in [6.45, 7) is 8.54. The van der Waals surface area contributed by atoms with Gasteiger partial charge in [0, 0.05) is 22.3 Å². The van der Waals surface area contributed by atoms with E-state index in [0.29, 0.717) is 0 Å². The van der Waals surface area contributed by atoms with Gasteiger partial charge in [-0.1, -0.05) is 216 Å². The van der Waals surface area contributed by atoms with Crippen molar-refractivity contribution < 1.29 is 0 Å². The third-order valence-electron chi connectivity index (χ3n) is 10.9. The minimum Gasteiger partial charge on any atom is -0.243 e. The molecule has 0 N–H and O–H groups in total. The summed E-state index contributed by atoms with van der Waals surface area (Å²) in [6, 6.07) is 69.7. The molecule has 0 aliphatic rings. The molecule has 0 atom stereocenters. The number of aromatic nitrogens is 2. The Labute approximate surface area is 342 Å². The quantitative estimate of drug-likeness (QED) is 0.155. The summed E-state index contributed by atoms with van der Waals surface area (Å²) < 4.78 is 0. The highest BCUT2D eigenvalue weighted by atomic mass is 14.9. The molecule has 0 saturated heterocycles. The fraction of sp³-hybridized carbons (Fsp3) is 0.0714. The van der Waals surface area contributed by atoms with E-state index in [1.54, 1.807) is 0 Å². The lowest BCUT2D eigenvalue weighted by Gasteiger charge is -2.17. The first-order valence-electron chi connectivity index (χ1n) is 20.0. The van der Waals surface area contributed by atoms with Crippen LogP contribution in [-0.2, 0) is 0 Å². The zero-order valence-electron chi connectivity index (χ0n) is 33.4. The van der Waals surface area contributed by atoms with E-state index in [0.717, 1.165) is 45.0 Å². The molecule has 0 bridgehead atoms. The fourth-order valence-corrected chi connectivity index (χ4v) is 7.82. The van der Waals surface area contributed by atoms with Gasteiger partial charge in [-0.25, -0.2) is 9.97 Å². The van der Waals surface area contributed by atoms with Gasteiger partial charge in [-0.15, -0.1) is 0 Å². The first-order valence-corrected chi connectivity index (χ1v) is 20.0. The summed E-state index contributed by atoms with van der Waals surface area (Å²) in [6.07, 6.45) is 0. The minimum atomic E-state index is 0.844. The Morgan fingerprint density at radius 2 is 0.397 bits per heavy atom. The van der Waals surface area contributed by atoms with Gasteiger partial charge in [0.05, 0.1) is 22.8 Å². The van der Waals surface area contributed by atoms with E-state index >= 15 is 0 Å². The average molecular weight is 745 g/mol. The smallest absolute Gasteiger partial charge is 0.0973 e. The van der Waals surface area contributed by atoms with Crippen LogP contribution >= 0.6 is 0 Å². The van der Waals surface area contributed by atoms with Gasteiger partial charge in [-0.3, -0.25) is 0 Å². The van der Waals surface area contributed by atoms with Crippen molar-refractivity contribution in [3.63, 3.8) is 0 Å². The third kappa shape index (κ3) is 7.65. The maximum absolute atomic E-state index is 5.62. The molecule has 278 valence electrons. The molecular weight excluding hydrogens is 701 g/mol. The number of nitrogens with zero attached hydrogens (tertiary/aromatic N) is 2. The highest BCUT2D eigenvalue weighted by Crippen LogP contribution is 2.39. The molecule has 1 heterocycles. The molecule has 0 unspecified atom stereocenters. The van der Waals surface area contributed by atoms with E-state index in [9.17, 15) is 0 Å². The Morgan fingerprint density at radius 1 is 0.207 bits per heavy atom. The van der Waals surface area contributed by atoms with Gasteiger partial charge in [0.15, 0.2) is 0 Å². The van der Waals surface area contributed by atoms with Crippen molar-refractivity contribution in [3.8, 4) is 89.5 Å². The summed E-state index contributed by atoms with van der Waals surface area (Å²) in [4.78, 5) is 11.2. The van der Waals surface area contributed by atoms with E-state index in [2.05, 4.69) is 222 Å². The van der Waals surface area contributed by atoms with Gasteiger partial charge in [-0.05, 0) is 72.2 Å². The maximum Gasteiger partial charge on any atom is 0.0973 e. The van der Waals surface area contributed by atoms with Gasteiger partial charge < -0.3 is 0 Å². The Kier molecular flexibility index (Phi) is 9.91. The van der Waals surface area contributed by atoms with Crippen molar-refractivity contribution in [2.24, 2.45) is 0 Å². The maximum atomic E-state index is 5.62. The summed E-state index contributed by atoms with van der Waals surface area (Å²) in [7, 11) is 0. The third-order valence-corrected chi connectivity index (χ3v) is 10.9. The molecule has 1 aromatic heterocycles. The predicted molar refractivity (Wildman–Crippen MR) is 244 cm³/mol. The van der Waals surface area contributed by atoms with Crippen molar-refractivity contribution in [2.45, 2.75) is 27.7 Å². The zero-order chi connectivity index (χ0) is 39.6. The Morgan fingerprint density at radius 3 is 0.586 bits per heavy atom. The van der Waals surface area contributed by atoms with Gasteiger partial charge in [0.2, 0.25) is 0 Å². The molecule has 0 saturated carbocycles. The van der Waals surface area contributed by atoms with Gasteiger partial charge in [0.25, 0.3) is 0 Å². The molecule has 8 aromatic carbocycles. The van der Waals surface area contributed by atoms with E-state index in [4.69, 9.17) is 9.97 Å². The molecule has 2 heteroatoms. The molecule has 58 heavy (non-hydrogen) atoms. The molecule has 0 spiro atoms. The van der Waals surface area contributed by atoms with Crippen LogP contribution in [0.1, 0.15) is 22.3 Å². The van der Waals surface area contributed by atoms with Crippen molar-refractivity contribution in [1.29, 1.82) is 0 Å². The highest BCUT2D eigenvalue weighted by Gasteiger charge is 2.20. The van der Waals surface area contributed by atoms with Crippen molar-refractivity contribution >= 4 is 0 Å². The molecule has 9 aromatic rings. The second-order valence-corrected chi connectivity index (χ2v) is 15.4. The van der Waals surface area contributed by atoms with E-state index in [-0.39, 0.29) is 0 Å². The lowest BCUT2D eigenvalue weighted by Crippen LogP contribution is -2.01. The number of aryl methyl sites for hydroxylation is 4. The van der Waals surface area contributed by atoms with Crippen LogP contribution in [0.4, 0.5) is 0 Å². The molecule has 0 fully saturated rings. The van der Waals surface area contributed by atoms with Crippen LogP contribution in [0, 0.1) is 27.7 Å². The molecule has 2 nitrogen and oxygen atoms in total. The molecule has 0 amide bonds. The van der Waals surface area contributed by atoms with Crippen LogP contribution in [0.3, 0.4) is 0 Å². The SMILES string of the molecule is Cc1cccc(-c2ccc(-c3nc(-c4ccc(-c5cccc(C)c5)cc4)c(-c4ccc(-c5cccc(C)c5)cc4)nc3-c3ccc(-c4cccc(C)c4)cc3)cc2)c1. The first kappa shape index (κ1) is 36.5. The summed E-state index contributed by atoms with van der Waals surface area (Å²) in [5, 5.41) is 0. The lowest BCUT2D eigenvalue weighted by atomic mass is 9.95. The first-order chi connectivity index (χ1) is 28.3. The van der Waals surface area contributed by atoms with E-state index in [1.165, 1.54) is 66.8 Å². The summed E-state index contributed by atoms with van der Waals surface area (Å²) >= 11 is 0. The Balaban J connectivity index is 1.22.